The van der Waals surface area contributed by atoms with Crippen LogP contribution in [-0.2, 0) is 8.23 Å². The summed E-state index contributed by atoms with van der Waals surface area (Å²) in [5.74, 6) is 0.542. The van der Waals surface area contributed by atoms with E-state index < -0.39 is 17.6 Å². The second-order valence-electron chi connectivity index (χ2n) is 5.36. The first-order chi connectivity index (χ1) is 8.32. The van der Waals surface area contributed by atoms with Crippen molar-refractivity contribution < 1.29 is 8.23 Å². The maximum atomic E-state index is 6.09. The highest BCUT2D eigenvalue weighted by Gasteiger charge is 2.26. The van der Waals surface area contributed by atoms with E-state index in [0.717, 1.165) is 0 Å². The highest BCUT2D eigenvalue weighted by Crippen LogP contribution is 2.12. The Morgan fingerprint density at radius 2 is 1.78 bits per heavy atom. The summed E-state index contributed by atoms with van der Waals surface area (Å²) in [5.41, 5.74) is 1.39. The topological polar surface area (TPSA) is 18.5 Å². The summed E-state index contributed by atoms with van der Waals surface area (Å²) >= 11 is 0. The standard InChI is InChI=1S/C13H23O2Si3/c1-11(2)12-9-7-8-10-13(12)16-14-18(5,6)15-17(3)4/h7-11H,1-6H3. The molecule has 0 N–H and O–H groups in total. The summed E-state index contributed by atoms with van der Waals surface area (Å²) in [5, 5.41) is 1.32. The van der Waals surface area contributed by atoms with E-state index in [0.29, 0.717) is 15.7 Å². The maximum Gasteiger partial charge on any atom is 0.311 e. The highest BCUT2D eigenvalue weighted by molar-refractivity contribution is 6.77. The third-order valence-corrected chi connectivity index (χ3v) is 9.09. The van der Waals surface area contributed by atoms with Gasteiger partial charge in [0.2, 0.25) is 0 Å². The summed E-state index contributed by atoms with van der Waals surface area (Å²) < 4.78 is 12.1. The van der Waals surface area contributed by atoms with Crippen LogP contribution in [0.15, 0.2) is 24.3 Å². The Hall–Kier alpha value is -0.209. The van der Waals surface area contributed by atoms with Crippen molar-refractivity contribution in [1.82, 2.24) is 0 Å². The number of hydrogen-bond donors (Lipinski definition) is 0. The fourth-order valence-electron chi connectivity index (χ4n) is 1.78. The molecule has 1 aromatic carbocycles. The molecule has 0 aliphatic rings. The smallest absolute Gasteiger partial charge is 0.311 e. The molecule has 2 nitrogen and oxygen atoms in total. The predicted molar refractivity (Wildman–Crippen MR) is 83.1 cm³/mol. The van der Waals surface area contributed by atoms with E-state index in [-0.39, 0.29) is 0 Å². The van der Waals surface area contributed by atoms with E-state index in [2.05, 4.69) is 64.3 Å². The van der Waals surface area contributed by atoms with E-state index >= 15 is 0 Å². The average Bonchev–Trinajstić information content (AvgIpc) is 2.25. The molecule has 0 saturated carbocycles. The minimum absolute atomic E-state index is 0.400. The van der Waals surface area contributed by atoms with Gasteiger partial charge in [0.15, 0.2) is 9.04 Å². The Labute approximate surface area is 117 Å². The predicted octanol–water partition coefficient (Wildman–Crippen LogP) is 3.04. The number of benzene rings is 1. The van der Waals surface area contributed by atoms with Gasteiger partial charge in [-0.3, -0.25) is 0 Å². The van der Waals surface area contributed by atoms with Gasteiger partial charge in [0, 0.05) is 0 Å². The van der Waals surface area contributed by atoms with Gasteiger partial charge in [-0.05, 0) is 42.9 Å². The summed E-state index contributed by atoms with van der Waals surface area (Å²) in [6, 6.07) is 8.55. The fourth-order valence-corrected chi connectivity index (χ4v) is 8.34. The molecule has 0 amide bonds. The zero-order valence-corrected chi connectivity index (χ0v) is 15.2. The van der Waals surface area contributed by atoms with E-state index in [1.54, 1.807) is 0 Å². The van der Waals surface area contributed by atoms with E-state index in [4.69, 9.17) is 8.23 Å². The third-order valence-electron chi connectivity index (χ3n) is 2.44. The summed E-state index contributed by atoms with van der Waals surface area (Å²) in [4.78, 5) is 0. The lowest BCUT2D eigenvalue weighted by Gasteiger charge is -2.25. The quantitative estimate of drug-likeness (QED) is 0.751. The van der Waals surface area contributed by atoms with Gasteiger partial charge in [0.05, 0.1) is 0 Å². The molecule has 0 fully saturated rings. The molecule has 18 heavy (non-hydrogen) atoms. The first-order valence-corrected chi connectivity index (χ1v) is 12.5. The molecule has 99 valence electrons. The highest BCUT2D eigenvalue weighted by atomic mass is 28.4. The van der Waals surface area contributed by atoms with E-state index in [1.807, 2.05) is 0 Å². The van der Waals surface area contributed by atoms with E-state index in [1.165, 1.54) is 10.8 Å². The van der Waals surface area contributed by atoms with Crippen LogP contribution in [0.25, 0.3) is 0 Å². The van der Waals surface area contributed by atoms with Crippen LogP contribution in [0.4, 0.5) is 0 Å². The van der Waals surface area contributed by atoms with Gasteiger partial charge >= 0.3 is 8.56 Å². The second kappa shape index (κ2) is 6.81. The molecular formula is C13H23O2Si3. The van der Waals surface area contributed by atoms with Crippen molar-refractivity contribution >= 4 is 32.6 Å². The number of hydrogen-bond acceptors (Lipinski definition) is 2. The molecule has 0 bridgehead atoms. The Kier molecular flexibility index (Phi) is 6.00. The summed E-state index contributed by atoms with van der Waals surface area (Å²) in [6.45, 7) is 13.0. The van der Waals surface area contributed by atoms with Crippen LogP contribution in [0.2, 0.25) is 26.2 Å². The minimum Gasteiger partial charge on any atom is -0.437 e. The lowest BCUT2D eigenvalue weighted by atomic mass is 10.0. The van der Waals surface area contributed by atoms with Gasteiger partial charge in [-0.2, -0.15) is 0 Å². The van der Waals surface area contributed by atoms with Crippen molar-refractivity contribution in [3.8, 4) is 0 Å². The van der Waals surface area contributed by atoms with Gasteiger partial charge < -0.3 is 8.23 Å². The van der Waals surface area contributed by atoms with Crippen LogP contribution in [-0.4, -0.2) is 27.4 Å². The van der Waals surface area contributed by atoms with Gasteiger partial charge in [-0.15, -0.1) is 0 Å². The fraction of sp³-hybridized carbons (Fsp3) is 0.538. The van der Waals surface area contributed by atoms with Crippen molar-refractivity contribution in [3.05, 3.63) is 29.8 Å². The van der Waals surface area contributed by atoms with Crippen molar-refractivity contribution in [2.24, 2.45) is 0 Å². The largest absolute Gasteiger partial charge is 0.437 e. The molecule has 0 saturated heterocycles. The van der Waals surface area contributed by atoms with Gasteiger partial charge in [0.1, 0.15) is 0 Å². The average molecular weight is 296 g/mol. The van der Waals surface area contributed by atoms with Crippen LogP contribution in [0, 0.1) is 0 Å². The Morgan fingerprint density at radius 3 is 2.33 bits per heavy atom. The molecule has 0 heterocycles. The molecule has 0 aliphatic carbocycles. The van der Waals surface area contributed by atoms with E-state index in [9.17, 15) is 0 Å². The van der Waals surface area contributed by atoms with Crippen LogP contribution in [0.1, 0.15) is 25.3 Å². The first kappa shape index (κ1) is 15.8. The van der Waals surface area contributed by atoms with Crippen LogP contribution < -0.4 is 5.19 Å². The first-order valence-electron chi connectivity index (χ1n) is 6.34. The zero-order chi connectivity index (χ0) is 13.8. The molecule has 3 radical (unpaired) electrons. The molecule has 5 heteroatoms. The molecule has 0 spiro atoms. The van der Waals surface area contributed by atoms with Crippen molar-refractivity contribution in [3.63, 3.8) is 0 Å². The van der Waals surface area contributed by atoms with Crippen molar-refractivity contribution in [2.75, 3.05) is 0 Å². The zero-order valence-electron chi connectivity index (χ0n) is 12.2. The molecule has 1 aromatic rings. The SMILES string of the molecule is CC(C)c1ccccc1[Si]O[Si](C)(C)O[Si](C)C. The van der Waals surface area contributed by atoms with Gasteiger partial charge in [0.25, 0.3) is 9.76 Å². The lowest BCUT2D eigenvalue weighted by Crippen LogP contribution is -2.42. The molecule has 0 aliphatic heterocycles. The Morgan fingerprint density at radius 1 is 1.17 bits per heavy atom. The second-order valence-corrected chi connectivity index (χ2v) is 12.3. The Balaban J connectivity index is 2.68. The Bertz CT molecular complexity index is 378. The normalized spacial score (nSPS) is 12.4. The summed E-state index contributed by atoms with van der Waals surface area (Å²) in [6.07, 6.45) is 0. The molecule has 1 rings (SSSR count). The van der Waals surface area contributed by atoms with Crippen molar-refractivity contribution in [1.29, 1.82) is 0 Å². The van der Waals surface area contributed by atoms with Gasteiger partial charge in [-0.25, -0.2) is 0 Å². The molecule has 0 aromatic heterocycles. The maximum absolute atomic E-state index is 6.09. The minimum atomic E-state index is -1.95. The monoisotopic (exact) mass is 295 g/mol. The van der Waals surface area contributed by atoms with Crippen LogP contribution in [0.5, 0.6) is 0 Å². The molecular weight excluding hydrogens is 272 g/mol. The molecule has 0 unspecified atom stereocenters. The van der Waals surface area contributed by atoms with Crippen LogP contribution >= 0.6 is 0 Å². The van der Waals surface area contributed by atoms with Crippen molar-refractivity contribution in [2.45, 2.75) is 46.0 Å². The number of rotatable bonds is 6. The van der Waals surface area contributed by atoms with Crippen LogP contribution in [0.3, 0.4) is 0 Å². The summed E-state index contributed by atoms with van der Waals surface area (Å²) in [7, 11) is -2.23. The lowest BCUT2D eigenvalue weighted by molar-refractivity contribution is 0.424. The molecule has 0 atom stereocenters. The third kappa shape index (κ3) is 5.19. The van der Waals surface area contributed by atoms with Gasteiger partial charge in [-0.1, -0.05) is 38.1 Å².